The maximum Gasteiger partial charge on any atom is 0.303 e. The van der Waals surface area contributed by atoms with Crippen LogP contribution in [0.4, 0.5) is 0 Å². The van der Waals surface area contributed by atoms with Gasteiger partial charge in [-0.2, -0.15) is 0 Å². The zero-order chi connectivity index (χ0) is 16.8. The van der Waals surface area contributed by atoms with E-state index in [-0.39, 0.29) is 18.2 Å². The number of carboxylic acid groups (broad SMARTS) is 1. The normalized spacial score (nSPS) is 17.8. The van der Waals surface area contributed by atoms with Crippen LogP contribution in [0.1, 0.15) is 43.0 Å². The molecule has 1 N–H and O–H groups in total. The molecule has 6 nitrogen and oxygen atoms in total. The van der Waals surface area contributed by atoms with Crippen molar-refractivity contribution >= 4 is 23.5 Å². The first-order chi connectivity index (χ1) is 11.0. The van der Waals surface area contributed by atoms with Crippen LogP contribution in [0.5, 0.6) is 5.88 Å². The minimum absolute atomic E-state index is 0.123. The first kappa shape index (κ1) is 17.5. The smallest absolute Gasteiger partial charge is 0.303 e. The maximum absolute atomic E-state index is 12.6. The summed E-state index contributed by atoms with van der Waals surface area (Å²) in [6.07, 6.45) is 4.05. The Bertz CT molecular complexity index is 579. The highest BCUT2D eigenvalue weighted by molar-refractivity contribution is 6.32. The van der Waals surface area contributed by atoms with E-state index in [1.807, 2.05) is 6.92 Å². The van der Waals surface area contributed by atoms with Gasteiger partial charge in [0.25, 0.3) is 5.91 Å². The van der Waals surface area contributed by atoms with Gasteiger partial charge < -0.3 is 14.7 Å². The number of carbonyl (C=O) groups excluding carboxylic acids is 1. The molecular weight excluding hydrogens is 320 g/mol. The average molecular weight is 341 g/mol. The number of ether oxygens (including phenoxy) is 1. The number of nitrogens with zero attached hydrogens (tertiary/aromatic N) is 2. The molecule has 1 fully saturated rings. The first-order valence-electron chi connectivity index (χ1n) is 7.80. The Morgan fingerprint density at radius 1 is 1.52 bits per heavy atom. The molecule has 1 aliphatic heterocycles. The molecule has 0 aromatic carbocycles. The van der Waals surface area contributed by atoms with Gasteiger partial charge in [0.1, 0.15) is 5.02 Å². The fourth-order valence-electron chi connectivity index (χ4n) is 2.78. The number of carboxylic acids is 1. The van der Waals surface area contributed by atoms with E-state index in [9.17, 15) is 9.59 Å². The van der Waals surface area contributed by atoms with Gasteiger partial charge in [0.2, 0.25) is 5.88 Å². The van der Waals surface area contributed by atoms with Crippen molar-refractivity contribution in [1.82, 2.24) is 9.88 Å². The van der Waals surface area contributed by atoms with Crippen molar-refractivity contribution < 1.29 is 19.4 Å². The molecule has 1 aromatic rings. The minimum atomic E-state index is -0.795. The lowest BCUT2D eigenvalue weighted by Gasteiger charge is -2.32. The Morgan fingerprint density at radius 2 is 2.30 bits per heavy atom. The molecule has 7 heteroatoms. The lowest BCUT2D eigenvalue weighted by Crippen LogP contribution is -2.40. The van der Waals surface area contributed by atoms with Gasteiger partial charge in [0, 0.05) is 25.7 Å². The predicted molar refractivity (Wildman–Crippen MR) is 85.9 cm³/mol. The van der Waals surface area contributed by atoms with Crippen LogP contribution in [0.15, 0.2) is 12.3 Å². The fourth-order valence-corrected chi connectivity index (χ4v) is 3.00. The number of hydrogen-bond donors (Lipinski definition) is 1. The van der Waals surface area contributed by atoms with Crippen molar-refractivity contribution in [2.24, 2.45) is 5.92 Å². The molecule has 2 heterocycles. The molecule has 1 amide bonds. The molecule has 23 heavy (non-hydrogen) atoms. The molecule has 0 bridgehead atoms. The topological polar surface area (TPSA) is 79.7 Å². The number of amides is 1. The molecule has 0 saturated carbocycles. The molecule has 2 rings (SSSR count). The third-order valence-electron chi connectivity index (χ3n) is 3.91. The summed E-state index contributed by atoms with van der Waals surface area (Å²) in [7, 11) is 0. The third kappa shape index (κ3) is 4.82. The number of aromatic nitrogens is 1. The summed E-state index contributed by atoms with van der Waals surface area (Å²) in [6, 6.07) is 1.57. The number of hydrogen-bond acceptors (Lipinski definition) is 4. The maximum atomic E-state index is 12.6. The lowest BCUT2D eigenvalue weighted by molar-refractivity contribution is -0.137. The standard InChI is InChI=1S/C16H21ClN2O4/c1-2-23-15-13(17)8-12(9-18-15)16(22)19-7-3-4-11(10-19)5-6-14(20)21/h8-9,11H,2-7,10H2,1H3,(H,20,21). The number of piperidine rings is 1. The van der Waals surface area contributed by atoms with E-state index in [1.165, 1.54) is 6.20 Å². The average Bonchev–Trinajstić information content (AvgIpc) is 2.54. The second-order valence-corrected chi connectivity index (χ2v) is 6.04. The van der Waals surface area contributed by atoms with Crippen molar-refractivity contribution in [3.05, 3.63) is 22.8 Å². The zero-order valence-electron chi connectivity index (χ0n) is 13.1. The SMILES string of the molecule is CCOc1ncc(C(=O)N2CCCC(CCC(=O)O)C2)cc1Cl. The van der Waals surface area contributed by atoms with Crippen molar-refractivity contribution in [3.63, 3.8) is 0 Å². The molecule has 126 valence electrons. The van der Waals surface area contributed by atoms with Crippen molar-refractivity contribution in [1.29, 1.82) is 0 Å². The lowest BCUT2D eigenvalue weighted by atomic mass is 9.93. The van der Waals surface area contributed by atoms with E-state index < -0.39 is 5.97 Å². The highest BCUT2D eigenvalue weighted by Gasteiger charge is 2.25. The number of rotatable bonds is 6. The zero-order valence-corrected chi connectivity index (χ0v) is 13.9. The molecule has 0 spiro atoms. The summed E-state index contributed by atoms with van der Waals surface area (Å²) in [4.78, 5) is 29.1. The van der Waals surface area contributed by atoms with Crippen LogP contribution >= 0.6 is 11.6 Å². The van der Waals surface area contributed by atoms with E-state index in [0.717, 1.165) is 12.8 Å². The molecule has 1 aliphatic rings. The fraction of sp³-hybridized carbons (Fsp3) is 0.562. The minimum Gasteiger partial charge on any atom is -0.481 e. The molecule has 1 atom stereocenters. The summed E-state index contributed by atoms with van der Waals surface area (Å²) in [5.74, 6) is -0.364. The van der Waals surface area contributed by atoms with Crippen molar-refractivity contribution in [3.8, 4) is 5.88 Å². The summed E-state index contributed by atoms with van der Waals surface area (Å²) < 4.78 is 5.26. The largest absolute Gasteiger partial charge is 0.481 e. The number of carbonyl (C=O) groups is 2. The summed E-state index contributed by atoms with van der Waals surface area (Å²) in [6.45, 7) is 3.55. The number of likely N-dealkylation sites (tertiary alicyclic amines) is 1. The second kappa shape index (κ2) is 8.15. The van der Waals surface area contributed by atoms with Gasteiger partial charge in [-0.1, -0.05) is 11.6 Å². The van der Waals surface area contributed by atoms with Gasteiger partial charge in [-0.05, 0) is 38.2 Å². The van der Waals surface area contributed by atoms with Gasteiger partial charge in [-0.3, -0.25) is 9.59 Å². The van der Waals surface area contributed by atoms with Gasteiger partial charge in [-0.15, -0.1) is 0 Å². The van der Waals surface area contributed by atoms with Crippen LogP contribution in [-0.2, 0) is 4.79 Å². The summed E-state index contributed by atoms with van der Waals surface area (Å²) in [5, 5.41) is 9.10. The highest BCUT2D eigenvalue weighted by Crippen LogP contribution is 2.25. The Morgan fingerprint density at radius 3 is 2.96 bits per heavy atom. The van der Waals surface area contributed by atoms with Crippen molar-refractivity contribution in [2.75, 3.05) is 19.7 Å². The molecular formula is C16H21ClN2O4. The highest BCUT2D eigenvalue weighted by atomic mass is 35.5. The third-order valence-corrected chi connectivity index (χ3v) is 4.18. The van der Waals surface area contributed by atoms with E-state index in [2.05, 4.69) is 4.98 Å². The summed E-state index contributed by atoms with van der Waals surface area (Å²) in [5.41, 5.74) is 0.428. The molecule has 1 aromatic heterocycles. The molecule has 1 saturated heterocycles. The molecule has 0 radical (unpaired) electrons. The van der Waals surface area contributed by atoms with Crippen molar-refractivity contribution in [2.45, 2.75) is 32.6 Å². The first-order valence-corrected chi connectivity index (χ1v) is 8.18. The molecule has 1 unspecified atom stereocenters. The quantitative estimate of drug-likeness (QED) is 0.861. The van der Waals surface area contributed by atoms with E-state index in [1.54, 1.807) is 11.0 Å². The Balaban J connectivity index is 2.01. The van der Waals surface area contributed by atoms with Crippen LogP contribution < -0.4 is 4.74 Å². The van der Waals surface area contributed by atoms with Gasteiger partial charge >= 0.3 is 5.97 Å². The van der Waals surface area contributed by atoms with Crippen LogP contribution in [0.2, 0.25) is 5.02 Å². The summed E-state index contributed by atoms with van der Waals surface area (Å²) >= 11 is 6.08. The van der Waals surface area contributed by atoms with E-state index >= 15 is 0 Å². The monoisotopic (exact) mass is 340 g/mol. The Kier molecular flexibility index (Phi) is 6.21. The van der Waals surface area contributed by atoms with Gasteiger partial charge in [0.15, 0.2) is 0 Å². The van der Waals surface area contributed by atoms with E-state index in [4.69, 9.17) is 21.4 Å². The van der Waals surface area contributed by atoms with Gasteiger partial charge in [-0.25, -0.2) is 4.98 Å². The second-order valence-electron chi connectivity index (χ2n) is 5.64. The number of aliphatic carboxylic acids is 1. The number of pyridine rings is 1. The van der Waals surface area contributed by atoms with Gasteiger partial charge in [0.05, 0.1) is 12.2 Å². The van der Waals surface area contributed by atoms with Crippen LogP contribution in [0.25, 0.3) is 0 Å². The Hall–Kier alpha value is -1.82. The predicted octanol–water partition coefficient (Wildman–Crippen LogP) is 2.85. The van der Waals surface area contributed by atoms with Crippen LogP contribution in [0.3, 0.4) is 0 Å². The molecule has 0 aliphatic carbocycles. The van der Waals surface area contributed by atoms with Crippen LogP contribution in [0, 0.1) is 5.92 Å². The number of halogens is 1. The van der Waals surface area contributed by atoms with Crippen LogP contribution in [-0.4, -0.2) is 46.6 Å². The van der Waals surface area contributed by atoms with E-state index in [0.29, 0.717) is 42.6 Å². The Labute approximate surface area is 140 Å².